The number of carbonyl (C=O) groups is 2. The number of nitrogens with two attached hydrogens (primary N) is 1. The van der Waals surface area contributed by atoms with Crippen molar-refractivity contribution >= 4 is 36.6 Å². The number of halogens is 4. The fourth-order valence-corrected chi connectivity index (χ4v) is 6.43. The topological polar surface area (TPSA) is 97.1 Å². The molecule has 2 amide bonds. The highest BCUT2D eigenvalue weighted by molar-refractivity contribution is 5.90. The van der Waals surface area contributed by atoms with Crippen LogP contribution < -0.4 is 15.8 Å². The lowest BCUT2D eigenvalue weighted by Gasteiger charge is -2.45. The first-order chi connectivity index (χ1) is 17.8. The molecule has 2 saturated heterocycles. The summed E-state index contributed by atoms with van der Waals surface area (Å²) in [4.78, 5) is 31.3. The highest BCUT2D eigenvalue weighted by Gasteiger charge is 2.47. The van der Waals surface area contributed by atoms with Gasteiger partial charge in [0.2, 0.25) is 17.7 Å². The van der Waals surface area contributed by atoms with Gasteiger partial charge in [-0.25, -0.2) is 8.78 Å². The van der Waals surface area contributed by atoms with Crippen LogP contribution in [-0.2, 0) is 14.3 Å². The minimum atomic E-state index is -2.69. The number of carbonyl (C=O) groups excluding carboxylic acids is 2. The molecule has 3 heterocycles. The molecule has 5 rings (SSSR count). The van der Waals surface area contributed by atoms with Gasteiger partial charge in [-0.1, -0.05) is 18.2 Å². The fourth-order valence-electron chi connectivity index (χ4n) is 6.43. The number of rotatable bonds is 6. The predicted molar refractivity (Wildman–Crippen MR) is 148 cm³/mol. The van der Waals surface area contributed by atoms with E-state index in [2.05, 4.69) is 10.2 Å². The zero-order valence-electron chi connectivity index (χ0n) is 22.2. The van der Waals surface area contributed by atoms with Crippen molar-refractivity contribution in [1.29, 1.82) is 0 Å². The molecule has 2 unspecified atom stereocenters. The van der Waals surface area contributed by atoms with E-state index in [1.54, 1.807) is 4.90 Å². The van der Waals surface area contributed by atoms with Crippen LogP contribution in [0.2, 0.25) is 0 Å². The van der Waals surface area contributed by atoms with Crippen molar-refractivity contribution in [1.82, 2.24) is 15.1 Å². The lowest BCUT2D eigenvalue weighted by atomic mass is 9.81. The summed E-state index contributed by atoms with van der Waals surface area (Å²) < 4.78 is 39.0. The minimum absolute atomic E-state index is 0. The van der Waals surface area contributed by atoms with Gasteiger partial charge >= 0.3 is 0 Å². The monoisotopic (exact) mass is 592 g/mol. The van der Waals surface area contributed by atoms with Gasteiger partial charge in [0.25, 0.3) is 0 Å². The van der Waals surface area contributed by atoms with E-state index in [0.717, 1.165) is 17.7 Å². The van der Waals surface area contributed by atoms with Crippen molar-refractivity contribution < 1.29 is 27.8 Å². The van der Waals surface area contributed by atoms with Crippen LogP contribution >= 0.6 is 24.8 Å². The first-order valence-corrected chi connectivity index (χ1v) is 13.6. The van der Waals surface area contributed by atoms with Crippen molar-refractivity contribution in [3.8, 4) is 5.75 Å². The Balaban J connectivity index is 0.00000210. The zero-order chi connectivity index (χ0) is 26.2. The molecule has 1 aromatic carbocycles. The van der Waals surface area contributed by atoms with Gasteiger partial charge in [0, 0.05) is 57.1 Å². The van der Waals surface area contributed by atoms with Gasteiger partial charge in [-0.15, -0.1) is 24.8 Å². The standard InChI is InChI=1S/C27H38F2N4O4.2ClH/c1-2-36-19-13-18-14-33(26(35)24(30)17-7-10-27(28,29)11-8-17)22(16-32(18)15-19)25(34)31-21-9-12-37-23-6-4-3-5-20(21)23;;/h3-6,17-19,21-22,24H,2,7-16,30H2,1H3,(H,31,34);2*1H/t18-,19?,21-,22?,24+;;/m1../s1. The van der Waals surface area contributed by atoms with Gasteiger partial charge in [-0.3, -0.25) is 14.5 Å². The van der Waals surface area contributed by atoms with Crippen LogP contribution in [0, 0.1) is 5.92 Å². The number of ether oxygens (including phenoxy) is 2. The maximum Gasteiger partial charge on any atom is 0.248 e. The highest BCUT2D eigenvalue weighted by atomic mass is 35.5. The fraction of sp³-hybridized carbons (Fsp3) is 0.704. The molecule has 39 heavy (non-hydrogen) atoms. The van der Waals surface area contributed by atoms with E-state index < -0.39 is 18.0 Å². The van der Waals surface area contributed by atoms with E-state index in [1.165, 1.54) is 0 Å². The molecule has 3 N–H and O–H groups in total. The van der Waals surface area contributed by atoms with E-state index in [4.69, 9.17) is 15.2 Å². The van der Waals surface area contributed by atoms with Crippen LogP contribution in [-0.4, -0.2) is 84.6 Å². The Labute approximate surface area is 241 Å². The molecule has 3 fully saturated rings. The summed E-state index contributed by atoms with van der Waals surface area (Å²) in [5.41, 5.74) is 7.33. The Hall–Kier alpha value is -1.72. The van der Waals surface area contributed by atoms with Gasteiger partial charge in [0.1, 0.15) is 11.8 Å². The third-order valence-corrected chi connectivity index (χ3v) is 8.50. The van der Waals surface area contributed by atoms with E-state index >= 15 is 0 Å². The third-order valence-electron chi connectivity index (χ3n) is 8.50. The Kier molecular flexibility index (Phi) is 10.8. The normalized spacial score (nSPS) is 29.1. The number of fused-ring (bicyclic) bond motifs is 2. The molecule has 220 valence electrons. The van der Waals surface area contributed by atoms with Gasteiger partial charge < -0.3 is 25.4 Å². The lowest BCUT2D eigenvalue weighted by molar-refractivity contribution is -0.148. The smallest absolute Gasteiger partial charge is 0.248 e. The second-order valence-electron chi connectivity index (χ2n) is 10.9. The van der Waals surface area contributed by atoms with Crippen molar-refractivity contribution in [3.63, 3.8) is 0 Å². The molecule has 8 nitrogen and oxygen atoms in total. The number of benzene rings is 1. The summed E-state index contributed by atoms with van der Waals surface area (Å²) in [7, 11) is 0. The maximum absolute atomic E-state index is 13.7. The molecule has 12 heteroatoms. The summed E-state index contributed by atoms with van der Waals surface area (Å²) in [5, 5.41) is 3.16. The second-order valence-corrected chi connectivity index (χ2v) is 10.9. The molecule has 1 aromatic rings. The number of hydrogen-bond acceptors (Lipinski definition) is 6. The molecule has 3 aliphatic heterocycles. The number of piperazine rings is 1. The summed E-state index contributed by atoms with van der Waals surface area (Å²) >= 11 is 0. The van der Waals surface area contributed by atoms with Crippen molar-refractivity contribution in [2.24, 2.45) is 11.7 Å². The first-order valence-electron chi connectivity index (χ1n) is 13.6. The summed E-state index contributed by atoms with van der Waals surface area (Å²) in [6.07, 6.45) is 1.40. The van der Waals surface area contributed by atoms with Gasteiger partial charge in [0.15, 0.2) is 0 Å². The Morgan fingerprint density at radius 2 is 1.87 bits per heavy atom. The highest BCUT2D eigenvalue weighted by Crippen LogP contribution is 2.38. The molecule has 1 aliphatic carbocycles. The maximum atomic E-state index is 13.7. The number of alkyl halides is 2. The molecule has 0 aromatic heterocycles. The Bertz CT molecular complexity index is 996. The van der Waals surface area contributed by atoms with Gasteiger partial charge in [-0.05, 0) is 38.2 Å². The number of hydrogen-bond donors (Lipinski definition) is 2. The van der Waals surface area contributed by atoms with Crippen LogP contribution in [0.3, 0.4) is 0 Å². The van der Waals surface area contributed by atoms with Crippen molar-refractivity contribution in [3.05, 3.63) is 29.8 Å². The molecule has 4 aliphatic rings. The van der Waals surface area contributed by atoms with Gasteiger partial charge in [0.05, 0.1) is 24.8 Å². The molecule has 0 spiro atoms. The number of nitrogens with one attached hydrogen (secondary N) is 1. The van der Waals surface area contributed by atoms with E-state index in [1.807, 2.05) is 31.2 Å². The summed E-state index contributed by atoms with van der Waals surface area (Å²) in [6.45, 7) is 4.55. The number of para-hydroxylation sites is 1. The largest absolute Gasteiger partial charge is 0.493 e. The SMILES string of the molecule is CCOC1C[C@@H]2CN(C(=O)[C@@H](N)C3CCC(F)(F)CC3)C(C(=O)N[C@@H]3CCOc4ccccc43)CN2C1.Cl.Cl. The van der Waals surface area contributed by atoms with Crippen LogP contribution in [0.5, 0.6) is 5.75 Å². The number of amides is 2. The van der Waals surface area contributed by atoms with Crippen molar-refractivity contribution in [2.45, 2.75) is 81.6 Å². The van der Waals surface area contributed by atoms with E-state index in [9.17, 15) is 18.4 Å². The van der Waals surface area contributed by atoms with E-state index in [-0.39, 0.29) is 86.4 Å². The van der Waals surface area contributed by atoms with Crippen LogP contribution in [0.15, 0.2) is 24.3 Å². The zero-order valence-corrected chi connectivity index (χ0v) is 23.9. The quantitative estimate of drug-likeness (QED) is 0.526. The molecular weight excluding hydrogens is 553 g/mol. The first kappa shape index (κ1) is 31.8. The number of nitrogens with zero attached hydrogens (tertiary/aromatic N) is 2. The molecular formula is C27H40Cl2F2N4O4. The van der Waals surface area contributed by atoms with Crippen LogP contribution in [0.25, 0.3) is 0 Å². The second kappa shape index (κ2) is 13.3. The Morgan fingerprint density at radius 1 is 1.15 bits per heavy atom. The van der Waals surface area contributed by atoms with Crippen molar-refractivity contribution in [2.75, 3.05) is 32.8 Å². The molecule has 0 radical (unpaired) electrons. The Morgan fingerprint density at radius 3 is 2.59 bits per heavy atom. The summed E-state index contributed by atoms with van der Waals surface area (Å²) in [5.74, 6) is -2.79. The predicted octanol–water partition coefficient (Wildman–Crippen LogP) is 3.31. The third kappa shape index (κ3) is 6.96. The lowest BCUT2D eigenvalue weighted by Crippen LogP contribution is -2.65. The summed E-state index contributed by atoms with van der Waals surface area (Å²) in [6, 6.07) is 5.91. The van der Waals surface area contributed by atoms with Crippen LogP contribution in [0.4, 0.5) is 8.78 Å². The molecule has 1 saturated carbocycles. The average molecular weight is 594 g/mol. The van der Waals surface area contributed by atoms with E-state index in [0.29, 0.717) is 39.3 Å². The van der Waals surface area contributed by atoms with Gasteiger partial charge in [-0.2, -0.15) is 0 Å². The molecule has 0 bridgehead atoms. The average Bonchev–Trinajstić information content (AvgIpc) is 3.29. The minimum Gasteiger partial charge on any atom is -0.493 e. The molecule has 5 atom stereocenters. The van der Waals surface area contributed by atoms with Crippen LogP contribution in [0.1, 0.15) is 57.1 Å².